The summed E-state index contributed by atoms with van der Waals surface area (Å²) in [6.07, 6.45) is 1.19. The van der Waals surface area contributed by atoms with Gasteiger partial charge in [-0.15, -0.1) is 0 Å². The number of carbonyl (C=O) groups is 1. The van der Waals surface area contributed by atoms with Gasteiger partial charge in [0.25, 0.3) is 11.8 Å². The Morgan fingerprint density at radius 3 is 2.58 bits per heavy atom. The van der Waals surface area contributed by atoms with E-state index in [2.05, 4.69) is 17.1 Å². The molecule has 0 aliphatic heterocycles. The summed E-state index contributed by atoms with van der Waals surface area (Å²) in [5.74, 6) is 4.07. The first kappa shape index (κ1) is 16.6. The predicted octanol–water partition coefficient (Wildman–Crippen LogP) is 4.03. The van der Waals surface area contributed by atoms with E-state index in [1.807, 2.05) is 24.3 Å². The van der Waals surface area contributed by atoms with Crippen molar-refractivity contribution in [3.63, 3.8) is 0 Å². The van der Waals surface area contributed by atoms with E-state index in [4.69, 9.17) is 8.94 Å². The second-order valence-corrected chi connectivity index (χ2v) is 7.01. The Balaban J connectivity index is 1.42. The summed E-state index contributed by atoms with van der Waals surface area (Å²) in [6, 6.07) is 11.2. The standard InChI is InChI=1S/C20H21N3O3/c1-12-10-17(12)18-9-8-16(25-18)11-23(3)20(24)15-6-4-14(5-7-15)19-21-13(2)22-26-19/h4-9,12,17H,10-11H2,1-3H3/t12-,17+/m0/s1. The first-order valence-electron chi connectivity index (χ1n) is 8.76. The van der Waals surface area contributed by atoms with Crippen molar-refractivity contribution >= 4 is 5.91 Å². The molecule has 0 N–H and O–H groups in total. The van der Waals surface area contributed by atoms with Gasteiger partial charge in [-0.2, -0.15) is 4.98 Å². The van der Waals surface area contributed by atoms with Crippen LogP contribution in [0.4, 0.5) is 0 Å². The molecule has 1 aliphatic rings. The lowest BCUT2D eigenvalue weighted by Crippen LogP contribution is -2.25. The van der Waals surface area contributed by atoms with Crippen molar-refractivity contribution in [3.8, 4) is 11.5 Å². The second-order valence-electron chi connectivity index (χ2n) is 7.01. The normalized spacial score (nSPS) is 18.7. The highest BCUT2D eigenvalue weighted by molar-refractivity contribution is 5.94. The van der Waals surface area contributed by atoms with Crippen LogP contribution in [0.1, 0.15) is 47.0 Å². The third kappa shape index (κ3) is 3.27. The van der Waals surface area contributed by atoms with E-state index in [-0.39, 0.29) is 5.91 Å². The van der Waals surface area contributed by atoms with E-state index in [9.17, 15) is 4.79 Å². The molecule has 0 bridgehead atoms. The van der Waals surface area contributed by atoms with Gasteiger partial charge in [-0.3, -0.25) is 4.79 Å². The molecule has 2 heterocycles. The number of aryl methyl sites for hydroxylation is 1. The third-order valence-electron chi connectivity index (χ3n) is 4.80. The average Bonchev–Trinajstić information content (AvgIpc) is 3.00. The van der Waals surface area contributed by atoms with Crippen molar-refractivity contribution in [1.29, 1.82) is 0 Å². The number of amides is 1. The summed E-state index contributed by atoms with van der Waals surface area (Å²) >= 11 is 0. The Kier molecular flexibility index (Phi) is 4.11. The molecule has 1 aromatic carbocycles. The third-order valence-corrected chi connectivity index (χ3v) is 4.80. The van der Waals surface area contributed by atoms with Crippen molar-refractivity contribution < 1.29 is 13.7 Å². The molecule has 4 rings (SSSR count). The Labute approximate surface area is 151 Å². The van der Waals surface area contributed by atoms with Gasteiger partial charge in [-0.25, -0.2) is 0 Å². The largest absolute Gasteiger partial charge is 0.464 e. The van der Waals surface area contributed by atoms with E-state index in [0.29, 0.717) is 35.7 Å². The Morgan fingerprint density at radius 1 is 1.23 bits per heavy atom. The highest BCUT2D eigenvalue weighted by Gasteiger charge is 2.36. The van der Waals surface area contributed by atoms with E-state index >= 15 is 0 Å². The zero-order valence-electron chi connectivity index (χ0n) is 15.1. The summed E-state index contributed by atoms with van der Waals surface area (Å²) in [5.41, 5.74) is 1.40. The van der Waals surface area contributed by atoms with Crippen molar-refractivity contribution in [2.24, 2.45) is 5.92 Å². The highest BCUT2D eigenvalue weighted by atomic mass is 16.5. The summed E-state index contributed by atoms with van der Waals surface area (Å²) in [7, 11) is 1.78. The summed E-state index contributed by atoms with van der Waals surface area (Å²) in [6.45, 7) is 4.44. The average molecular weight is 351 g/mol. The lowest BCUT2D eigenvalue weighted by Gasteiger charge is -2.16. The van der Waals surface area contributed by atoms with Crippen LogP contribution >= 0.6 is 0 Å². The molecule has 1 aliphatic carbocycles. The number of rotatable bonds is 5. The van der Waals surface area contributed by atoms with Crippen LogP contribution in [0.5, 0.6) is 0 Å². The van der Waals surface area contributed by atoms with Crippen molar-refractivity contribution in [2.75, 3.05) is 7.05 Å². The predicted molar refractivity (Wildman–Crippen MR) is 95.5 cm³/mol. The maximum absolute atomic E-state index is 12.6. The van der Waals surface area contributed by atoms with Gasteiger partial charge in [0.1, 0.15) is 11.5 Å². The fourth-order valence-electron chi connectivity index (χ4n) is 3.09. The molecule has 0 saturated heterocycles. The molecular formula is C20H21N3O3. The topological polar surface area (TPSA) is 72.4 Å². The van der Waals surface area contributed by atoms with Gasteiger partial charge in [0, 0.05) is 24.1 Å². The minimum atomic E-state index is -0.0593. The van der Waals surface area contributed by atoms with Crippen LogP contribution in [-0.2, 0) is 6.54 Å². The van der Waals surface area contributed by atoms with Gasteiger partial charge >= 0.3 is 0 Å². The van der Waals surface area contributed by atoms with Crippen LogP contribution in [0.2, 0.25) is 0 Å². The van der Waals surface area contributed by atoms with Crippen molar-refractivity contribution in [1.82, 2.24) is 15.0 Å². The minimum absolute atomic E-state index is 0.0593. The Bertz CT molecular complexity index is 926. The van der Waals surface area contributed by atoms with Crippen LogP contribution in [0, 0.1) is 12.8 Å². The minimum Gasteiger partial charge on any atom is -0.464 e. The van der Waals surface area contributed by atoms with E-state index in [0.717, 1.165) is 17.1 Å². The molecule has 1 amide bonds. The van der Waals surface area contributed by atoms with Gasteiger partial charge in [0.2, 0.25) is 0 Å². The van der Waals surface area contributed by atoms with Crippen LogP contribution in [0.15, 0.2) is 45.3 Å². The molecule has 0 radical (unpaired) electrons. The van der Waals surface area contributed by atoms with Gasteiger partial charge < -0.3 is 13.8 Å². The van der Waals surface area contributed by atoms with Gasteiger partial charge in [0.05, 0.1) is 6.54 Å². The molecule has 26 heavy (non-hydrogen) atoms. The fourth-order valence-corrected chi connectivity index (χ4v) is 3.09. The smallest absolute Gasteiger partial charge is 0.257 e. The monoisotopic (exact) mass is 351 g/mol. The van der Waals surface area contributed by atoms with Gasteiger partial charge in [0.15, 0.2) is 5.82 Å². The molecule has 0 spiro atoms. The maximum Gasteiger partial charge on any atom is 0.257 e. The van der Waals surface area contributed by atoms with E-state index in [1.54, 1.807) is 31.0 Å². The molecule has 2 atom stereocenters. The molecular weight excluding hydrogens is 330 g/mol. The van der Waals surface area contributed by atoms with Crippen LogP contribution in [0.3, 0.4) is 0 Å². The fraction of sp³-hybridized carbons (Fsp3) is 0.350. The Morgan fingerprint density at radius 2 is 1.96 bits per heavy atom. The maximum atomic E-state index is 12.6. The number of benzene rings is 1. The van der Waals surface area contributed by atoms with Crippen LogP contribution in [0.25, 0.3) is 11.5 Å². The highest BCUT2D eigenvalue weighted by Crippen LogP contribution is 2.47. The lowest BCUT2D eigenvalue weighted by molar-refractivity contribution is 0.0775. The van der Waals surface area contributed by atoms with E-state index in [1.165, 1.54) is 6.42 Å². The number of nitrogens with zero attached hydrogens (tertiary/aromatic N) is 3. The summed E-state index contributed by atoms with van der Waals surface area (Å²) in [4.78, 5) is 18.5. The molecule has 134 valence electrons. The molecule has 2 aromatic heterocycles. The number of aromatic nitrogens is 2. The Hall–Kier alpha value is -2.89. The number of carbonyl (C=O) groups excluding carboxylic acids is 1. The molecule has 0 unspecified atom stereocenters. The van der Waals surface area contributed by atoms with Gasteiger partial charge in [-0.05, 0) is 55.7 Å². The van der Waals surface area contributed by atoms with Gasteiger partial charge in [-0.1, -0.05) is 12.1 Å². The molecule has 3 aromatic rings. The van der Waals surface area contributed by atoms with Crippen LogP contribution < -0.4 is 0 Å². The molecule has 1 saturated carbocycles. The SMILES string of the molecule is Cc1noc(-c2ccc(C(=O)N(C)Cc3ccc([C@@H]4C[C@@H]4C)o3)cc2)n1. The molecule has 6 nitrogen and oxygen atoms in total. The zero-order chi connectivity index (χ0) is 18.3. The van der Waals surface area contributed by atoms with Crippen molar-refractivity contribution in [3.05, 3.63) is 59.3 Å². The number of hydrogen-bond donors (Lipinski definition) is 0. The second kappa shape index (κ2) is 6.44. The van der Waals surface area contributed by atoms with E-state index < -0.39 is 0 Å². The first-order chi connectivity index (χ1) is 12.5. The quantitative estimate of drug-likeness (QED) is 0.694. The zero-order valence-corrected chi connectivity index (χ0v) is 15.1. The lowest BCUT2D eigenvalue weighted by atomic mass is 10.1. The van der Waals surface area contributed by atoms with Crippen molar-refractivity contribution in [2.45, 2.75) is 32.7 Å². The summed E-state index contributed by atoms with van der Waals surface area (Å²) in [5, 5.41) is 3.78. The van der Waals surface area contributed by atoms with Crippen LogP contribution in [-0.4, -0.2) is 28.0 Å². The molecule has 6 heteroatoms. The number of furan rings is 1. The first-order valence-corrected chi connectivity index (χ1v) is 8.76. The summed E-state index contributed by atoms with van der Waals surface area (Å²) < 4.78 is 11.0. The molecule has 1 fully saturated rings. The number of hydrogen-bond acceptors (Lipinski definition) is 5.